The molecule has 5 nitrogen and oxygen atoms in total. The second-order valence-corrected chi connectivity index (χ2v) is 4.74. The minimum atomic E-state index is -0.859. The van der Waals surface area contributed by atoms with Crippen molar-refractivity contribution in [1.29, 1.82) is 0 Å². The first kappa shape index (κ1) is 16.0. The number of rotatable bonds is 8. The van der Waals surface area contributed by atoms with Gasteiger partial charge in [-0.1, -0.05) is 6.07 Å². The van der Waals surface area contributed by atoms with Crippen molar-refractivity contribution in [2.24, 2.45) is 0 Å². The molecule has 1 aromatic carbocycles. The van der Waals surface area contributed by atoms with E-state index >= 15 is 0 Å². The number of halogens is 1. The third kappa shape index (κ3) is 5.21. The van der Waals surface area contributed by atoms with Crippen LogP contribution in [0.4, 0.5) is 4.39 Å². The zero-order valence-corrected chi connectivity index (χ0v) is 12.0. The van der Waals surface area contributed by atoms with Crippen LogP contribution in [0.1, 0.15) is 24.7 Å². The first-order chi connectivity index (χ1) is 10.6. The molecule has 1 unspecified atom stereocenters. The van der Waals surface area contributed by atoms with Crippen molar-refractivity contribution in [3.63, 3.8) is 0 Å². The van der Waals surface area contributed by atoms with Gasteiger partial charge in [0.05, 0.1) is 19.4 Å². The highest BCUT2D eigenvalue weighted by molar-refractivity contribution is 5.75. The predicted octanol–water partition coefficient (Wildman–Crippen LogP) is 2.43. The number of benzene rings is 1. The molecule has 1 heterocycles. The summed E-state index contributed by atoms with van der Waals surface area (Å²) in [6.07, 6.45) is 1.37. The maximum Gasteiger partial charge on any atom is 0.220 e. The Labute approximate surface area is 127 Å². The van der Waals surface area contributed by atoms with Crippen molar-refractivity contribution in [2.75, 3.05) is 13.2 Å². The number of carbonyl (C=O) groups is 1. The predicted molar refractivity (Wildman–Crippen MR) is 77.8 cm³/mol. The van der Waals surface area contributed by atoms with Gasteiger partial charge in [0.15, 0.2) is 0 Å². The smallest absolute Gasteiger partial charge is 0.220 e. The maximum atomic E-state index is 12.9. The monoisotopic (exact) mass is 307 g/mol. The van der Waals surface area contributed by atoms with Gasteiger partial charge in [-0.15, -0.1) is 0 Å². The van der Waals surface area contributed by atoms with Gasteiger partial charge in [-0.05, 0) is 30.7 Å². The molecule has 0 radical (unpaired) electrons. The fourth-order valence-corrected chi connectivity index (χ4v) is 1.86. The van der Waals surface area contributed by atoms with Gasteiger partial charge in [0.25, 0.3) is 0 Å². The second-order valence-electron chi connectivity index (χ2n) is 4.74. The highest BCUT2D eigenvalue weighted by Crippen LogP contribution is 2.13. The number of aliphatic hydroxyl groups excluding tert-OH is 1. The summed E-state index contributed by atoms with van der Waals surface area (Å²) in [6.45, 7) is 0.411. The first-order valence-corrected chi connectivity index (χ1v) is 7.01. The molecule has 0 aliphatic rings. The van der Waals surface area contributed by atoms with E-state index in [1.807, 2.05) is 0 Å². The fraction of sp³-hybridized carbons (Fsp3) is 0.312. The van der Waals surface area contributed by atoms with E-state index in [0.29, 0.717) is 24.5 Å². The summed E-state index contributed by atoms with van der Waals surface area (Å²) < 4.78 is 23.3. The quantitative estimate of drug-likeness (QED) is 0.735. The summed E-state index contributed by atoms with van der Waals surface area (Å²) in [4.78, 5) is 11.6. The van der Waals surface area contributed by atoms with Gasteiger partial charge in [-0.3, -0.25) is 4.79 Å². The highest BCUT2D eigenvalue weighted by atomic mass is 19.1. The van der Waals surface area contributed by atoms with Crippen molar-refractivity contribution >= 4 is 5.91 Å². The third-order valence-corrected chi connectivity index (χ3v) is 2.98. The summed E-state index contributed by atoms with van der Waals surface area (Å²) in [6, 6.07) is 9.16. The largest absolute Gasteiger partial charge is 0.493 e. The van der Waals surface area contributed by atoms with Crippen molar-refractivity contribution in [3.05, 3.63) is 54.2 Å². The van der Waals surface area contributed by atoms with Crippen LogP contribution in [-0.2, 0) is 4.79 Å². The van der Waals surface area contributed by atoms with Crippen molar-refractivity contribution in [1.82, 2.24) is 5.32 Å². The minimum absolute atomic E-state index is 0.0943. The standard InChI is InChI=1S/C16H18FNO4/c17-12-4-1-5-13(10-12)21-8-3-7-16(20)18-11-14(19)15-6-2-9-22-15/h1-2,4-6,9-10,14,19H,3,7-8,11H2,(H,18,20). The van der Waals surface area contributed by atoms with Gasteiger partial charge >= 0.3 is 0 Å². The van der Waals surface area contributed by atoms with E-state index in [1.165, 1.54) is 18.4 Å². The number of amides is 1. The van der Waals surface area contributed by atoms with Gasteiger partial charge in [0, 0.05) is 12.5 Å². The van der Waals surface area contributed by atoms with Crippen molar-refractivity contribution < 1.29 is 23.4 Å². The Morgan fingerprint density at radius 3 is 2.95 bits per heavy atom. The molecular weight excluding hydrogens is 289 g/mol. The zero-order chi connectivity index (χ0) is 15.8. The van der Waals surface area contributed by atoms with E-state index in [4.69, 9.17) is 9.15 Å². The third-order valence-electron chi connectivity index (χ3n) is 2.98. The molecule has 118 valence electrons. The number of carbonyl (C=O) groups excluding carboxylic acids is 1. The average molecular weight is 307 g/mol. The molecule has 0 aliphatic carbocycles. The molecule has 6 heteroatoms. The molecule has 1 aromatic heterocycles. The van der Waals surface area contributed by atoms with Gasteiger partial charge in [0.1, 0.15) is 23.4 Å². The topological polar surface area (TPSA) is 71.7 Å². The molecule has 22 heavy (non-hydrogen) atoms. The van der Waals surface area contributed by atoms with Crippen LogP contribution in [0.2, 0.25) is 0 Å². The molecule has 1 atom stereocenters. The molecular formula is C16H18FNO4. The molecule has 0 spiro atoms. The van der Waals surface area contributed by atoms with Crippen LogP contribution in [0, 0.1) is 5.82 Å². The van der Waals surface area contributed by atoms with Crippen LogP contribution in [0.25, 0.3) is 0 Å². The SMILES string of the molecule is O=C(CCCOc1cccc(F)c1)NCC(O)c1ccco1. The van der Waals surface area contributed by atoms with E-state index in [1.54, 1.807) is 24.3 Å². The molecule has 0 fully saturated rings. The summed E-state index contributed by atoms with van der Waals surface area (Å²) in [7, 11) is 0. The molecule has 2 rings (SSSR count). The Kier molecular flexibility index (Phi) is 5.97. The van der Waals surface area contributed by atoms with E-state index < -0.39 is 6.10 Å². The minimum Gasteiger partial charge on any atom is -0.493 e. The number of nitrogens with one attached hydrogen (secondary N) is 1. The van der Waals surface area contributed by atoms with Gasteiger partial charge < -0.3 is 19.6 Å². The van der Waals surface area contributed by atoms with Gasteiger partial charge in [0.2, 0.25) is 5.91 Å². The van der Waals surface area contributed by atoms with E-state index in [0.717, 1.165) is 0 Å². The van der Waals surface area contributed by atoms with Crippen molar-refractivity contribution in [2.45, 2.75) is 18.9 Å². The molecule has 0 aliphatic heterocycles. The maximum absolute atomic E-state index is 12.9. The lowest BCUT2D eigenvalue weighted by atomic mass is 10.2. The normalized spacial score (nSPS) is 11.9. The van der Waals surface area contributed by atoms with Crippen molar-refractivity contribution in [3.8, 4) is 5.75 Å². The van der Waals surface area contributed by atoms with Crippen LogP contribution in [0.5, 0.6) is 5.75 Å². The fourth-order valence-electron chi connectivity index (χ4n) is 1.86. The Morgan fingerprint density at radius 1 is 1.36 bits per heavy atom. The summed E-state index contributed by atoms with van der Waals surface area (Å²) in [5, 5.41) is 12.3. The van der Waals surface area contributed by atoms with Crippen LogP contribution < -0.4 is 10.1 Å². The number of hydrogen-bond donors (Lipinski definition) is 2. The lowest BCUT2D eigenvalue weighted by molar-refractivity contribution is -0.121. The summed E-state index contributed by atoms with van der Waals surface area (Å²) >= 11 is 0. The Balaban J connectivity index is 1.60. The molecule has 1 amide bonds. The van der Waals surface area contributed by atoms with Gasteiger partial charge in [-0.2, -0.15) is 0 Å². The number of furan rings is 1. The number of ether oxygens (including phenoxy) is 1. The second kappa shape index (κ2) is 8.19. The van der Waals surface area contributed by atoms with E-state index in [2.05, 4.69) is 5.32 Å². The first-order valence-electron chi connectivity index (χ1n) is 7.01. The summed E-state index contributed by atoms with van der Waals surface area (Å²) in [5.74, 6) is 0.305. The van der Waals surface area contributed by atoms with E-state index in [-0.39, 0.29) is 24.7 Å². The summed E-state index contributed by atoms with van der Waals surface area (Å²) in [5.41, 5.74) is 0. The molecule has 2 N–H and O–H groups in total. The van der Waals surface area contributed by atoms with Crippen LogP contribution in [0.15, 0.2) is 47.1 Å². The molecule has 0 saturated heterocycles. The zero-order valence-electron chi connectivity index (χ0n) is 12.0. The molecule has 2 aromatic rings. The van der Waals surface area contributed by atoms with Gasteiger partial charge in [-0.25, -0.2) is 4.39 Å². The number of aliphatic hydroxyl groups is 1. The molecule has 0 bridgehead atoms. The average Bonchev–Trinajstić information content (AvgIpc) is 3.04. The Hall–Kier alpha value is -2.34. The lowest BCUT2D eigenvalue weighted by Crippen LogP contribution is -2.28. The van der Waals surface area contributed by atoms with Crippen LogP contribution >= 0.6 is 0 Å². The van der Waals surface area contributed by atoms with E-state index in [9.17, 15) is 14.3 Å². The molecule has 0 saturated carbocycles. The van der Waals surface area contributed by atoms with Crippen LogP contribution in [-0.4, -0.2) is 24.2 Å². The Morgan fingerprint density at radius 2 is 2.23 bits per heavy atom. The van der Waals surface area contributed by atoms with Crippen LogP contribution in [0.3, 0.4) is 0 Å². The Bertz CT molecular complexity index is 586. The lowest BCUT2D eigenvalue weighted by Gasteiger charge is -2.10. The highest BCUT2D eigenvalue weighted by Gasteiger charge is 2.11. The number of hydrogen-bond acceptors (Lipinski definition) is 4.